The minimum Gasteiger partial charge on any atom is -0.497 e. The zero-order valence-corrected chi connectivity index (χ0v) is 21.8. The van der Waals surface area contributed by atoms with Crippen molar-refractivity contribution in [1.82, 2.24) is 20.2 Å². The third-order valence-electron chi connectivity index (χ3n) is 5.44. The van der Waals surface area contributed by atoms with Crippen LogP contribution in [0.2, 0.25) is 0 Å². The number of amides is 1. The van der Waals surface area contributed by atoms with E-state index in [1.54, 1.807) is 39.5 Å². The molecule has 190 valence electrons. The normalized spacial score (nSPS) is 10.9. The fourth-order valence-electron chi connectivity index (χ4n) is 3.48. The summed E-state index contributed by atoms with van der Waals surface area (Å²) in [5.74, 6) is 2.50. The second-order valence-electron chi connectivity index (χ2n) is 7.90. The second-order valence-corrected chi connectivity index (χ2v) is 8.84. The number of hydrogen-bond donors (Lipinski definition) is 1. The number of ether oxygens (including phenoxy) is 3. The molecule has 0 atom stereocenters. The molecule has 0 unspecified atom stereocenters. The molecule has 1 N–H and O–H groups in total. The first-order valence-corrected chi connectivity index (χ1v) is 12.3. The van der Waals surface area contributed by atoms with Crippen LogP contribution in [0.15, 0.2) is 77.0 Å². The Morgan fingerprint density at radius 2 is 1.65 bits per heavy atom. The number of benzene rings is 3. The predicted octanol–water partition coefficient (Wildman–Crippen LogP) is 4.51. The number of methoxy groups -OCH3 is 3. The molecule has 3 aromatic carbocycles. The van der Waals surface area contributed by atoms with Gasteiger partial charge in [-0.2, -0.15) is 5.10 Å². The lowest BCUT2D eigenvalue weighted by Gasteiger charge is -2.11. The Bertz CT molecular complexity index is 1390. The van der Waals surface area contributed by atoms with Crippen LogP contribution in [0.5, 0.6) is 17.2 Å². The number of aromatic nitrogens is 3. The highest BCUT2D eigenvalue weighted by Crippen LogP contribution is 2.29. The molecule has 4 aromatic rings. The molecule has 0 radical (unpaired) electrons. The first kappa shape index (κ1) is 25.8. The Balaban J connectivity index is 1.50. The smallest absolute Gasteiger partial charge is 0.250 e. The van der Waals surface area contributed by atoms with Crippen molar-refractivity contribution in [3.8, 4) is 34.3 Å². The fourth-order valence-corrected chi connectivity index (χ4v) is 4.22. The first-order chi connectivity index (χ1) is 18.0. The molecule has 0 spiro atoms. The van der Waals surface area contributed by atoms with E-state index < -0.39 is 0 Å². The molecule has 0 aliphatic carbocycles. The highest BCUT2D eigenvalue weighted by Gasteiger charge is 2.17. The average molecular weight is 518 g/mol. The standard InChI is InChI=1S/C27H27N5O4S/c1-18-5-10-21(11-6-18)32-26(19-7-12-22(34-2)13-8-19)30-31-27(32)37-17-25(33)29-28-16-20-9-14-23(35-3)15-24(20)36-4/h5-16H,17H2,1-4H3,(H,29,33). The van der Waals surface area contributed by atoms with Crippen LogP contribution in [0.25, 0.3) is 17.1 Å². The number of thioether (sulfide) groups is 1. The second kappa shape index (κ2) is 12.1. The summed E-state index contributed by atoms with van der Waals surface area (Å²) in [7, 11) is 4.77. The van der Waals surface area contributed by atoms with Crippen molar-refractivity contribution in [3.05, 3.63) is 77.9 Å². The summed E-state index contributed by atoms with van der Waals surface area (Å²) < 4.78 is 17.8. The number of aryl methyl sites for hydroxylation is 1. The molecule has 10 heteroatoms. The van der Waals surface area contributed by atoms with Crippen molar-refractivity contribution < 1.29 is 19.0 Å². The van der Waals surface area contributed by atoms with Crippen LogP contribution >= 0.6 is 11.8 Å². The van der Waals surface area contributed by atoms with Crippen LogP contribution in [-0.4, -0.2) is 54.0 Å². The molecule has 1 heterocycles. The van der Waals surface area contributed by atoms with E-state index in [4.69, 9.17) is 14.2 Å². The molecule has 0 bridgehead atoms. The predicted molar refractivity (Wildman–Crippen MR) is 144 cm³/mol. The Hall–Kier alpha value is -4.31. The molecule has 37 heavy (non-hydrogen) atoms. The van der Waals surface area contributed by atoms with E-state index in [-0.39, 0.29) is 11.7 Å². The maximum absolute atomic E-state index is 12.5. The molecule has 0 aliphatic rings. The molecule has 0 aliphatic heterocycles. The van der Waals surface area contributed by atoms with Gasteiger partial charge < -0.3 is 14.2 Å². The van der Waals surface area contributed by atoms with E-state index in [2.05, 4.69) is 20.7 Å². The highest BCUT2D eigenvalue weighted by molar-refractivity contribution is 7.99. The van der Waals surface area contributed by atoms with Crippen LogP contribution < -0.4 is 19.6 Å². The van der Waals surface area contributed by atoms with Gasteiger partial charge in [0.2, 0.25) is 0 Å². The van der Waals surface area contributed by atoms with E-state index in [0.29, 0.717) is 28.0 Å². The van der Waals surface area contributed by atoms with E-state index in [0.717, 1.165) is 22.6 Å². The number of nitrogens with zero attached hydrogens (tertiary/aromatic N) is 4. The molecule has 0 saturated heterocycles. The summed E-state index contributed by atoms with van der Waals surface area (Å²) in [6.45, 7) is 2.03. The molecular formula is C27H27N5O4S. The van der Waals surface area contributed by atoms with Crippen molar-refractivity contribution in [2.45, 2.75) is 12.1 Å². The number of nitrogens with one attached hydrogen (secondary N) is 1. The van der Waals surface area contributed by atoms with Crippen molar-refractivity contribution in [3.63, 3.8) is 0 Å². The lowest BCUT2D eigenvalue weighted by Crippen LogP contribution is -2.20. The minimum atomic E-state index is -0.279. The average Bonchev–Trinajstić information content (AvgIpc) is 3.36. The quantitative estimate of drug-likeness (QED) is 0.188. The molecule has 1 amide bonds. The van der Waals surface area contributed by atoms with Gasteiger partial charge in [-0.1, -0.05) is 29.5 Å². The summed E-state index contributed by atoms with van der Waals surface area (Å²) in [5, 5.41) is 13.4. The summed E-state index contributed by atoms with van der Waals surface area (Å²) >= 11 is 1.27. The van der Waals surface area contributed by atoms with E-state index >= 15 is 0 Å². The Kier molecular flexibility index (Phi) is 8.42. The summed E-state index contributed by atoms with van der Waals surface area (Å²) in [4.78, 5) is 12.5. The zero-order valence-electron chi connectivity index (χ0n) is 21.0. The van der Waals surface area contributed by atoms with Gasteiger partial charge in [-0.25, -0.2) is 5.43 Å². The topological polar surface area (TPSA) is 99.9 Å². The number of carbonyl (C=O) groups is 1. The molecule has 4 rings (SSSR count). The van der Waals surface area contributed by atoms with Crippen molar-refractivity contribution >= 4 is 23.9 Å². The number of hydrazone groups is 1. The van der Waals surface area contributed by atoms with E-state index in [1.165, 1.54) is 18.0 Å². The van der Waals surface area contributed by atoms with Crippen LogP contribution in [0, 0.1) is 6.92 Å². The molecule has 1 aromatic heterocycles. The molecular weight excluding hydrogens is 490 g/mol. The largest absolute Gasteiger partial charge is 0.497 e. The number of carbonyl (C=O) groups excluding carboxylic acids is 1. The monoisotopic (exact) mass is 517 g/mol. The third-order valence-corrected chi connectivity index (χ3v) is 6.37. The van der Waals surface area contributed by atoms with Gasteiger partial charge in [-0.05, 0) is 55.5 Å². The maximum atomic E-state index is 12.5. The minimum absolute atomic E-state index is 0.101. The van der Waals surface area contributed by atoms with Gasteiger partial charge in [0.1, 0.15) is 17.2 Å². The van der Waals surface area contributed by atoms with Crippen LogP contribution in [0.3, 0.4) is 0 Å². The fraction of sp³-hybridized carbons (Fsp3) is 0.185. The maximum Gasteiger partial charge on any atom is 0.250 e. The van der Waals surface area contributed by atoms with Gasteiger partial charge in [-0.3, -0.25) is 9.36 Å². The van der Waals surface area contributed by atoms with Crippen molar-refractivity contribution in [1.29, 1.82) is 0 Å². The molecule has 9 nitrogen and oxygen atoms in total. The number of rotatable bonds is 10. The third kappa shape index (κ3) is 6.28. The summed E-state index contributed by atoms with van der Waals surface area (Å²) in [6, 6.07) is 21.0. The van der Waals surface area contributed by atoms with Gasteiger partial charge in [0.05, 0.1) is 33.3 Å². The van der Waals surface area contributed by atoms with Crippen LogP contribution in [0.4, 0.5) is 0 Å². The van der Waals surface area contributed by atoms with E-state index in [9.17, 15) is 4.79 Å². The Morgan fingerprint density at radius 1 is 0.946 bits per heavy atom. The van der Waals surface area contributed by atoms with Gasteiger partial charge in [0, 0.05) is 22.9 Å². The van der Waals surface area contributed by atoms with Crippen molar-refractivity contribution in [2.75, 3.05) is 27.1 Å². The van der Waals surface area contributed by atoms with Crippen LogP contribution in [-0.2, 0) is 4.79 Å². The number of hydrogen-bond acceptors (Lipinski definition) is 8. The van der Waals surface area contributed by atoms with Crippen molar-refractivity contribution in [2.24, 2.45) is 5.10 Å². The van der Waals surface area contributed by atoms with E-state index in [1.807, 2.05) is 60.0 Å². The Morgan fingerprint density at radius 3 is 2.32 bits per heavy atom. The molecule has 0 fully saturated rings. The first-order valence-electron chi connectivity index (χ1n) is 11.4. The van der Waals surface area contributed by atoms with Gasteiger partial charge in [0.25, 0.3) is 5.91 Å². The van der Waals surface area contributed by atoms with Gasteiger partial charge >= 0.3 is 0 Å². The van der Waals surface area contributed by atoms with Gasteiger partial charge in [0.15, 0.2) is 11.0 Å². The molecule has 0 saturated carbocycles. The zero-order chi connectivity index (χ0) is 26.2. The summed E-state index contributed by atoms with van der Waals surface area (Å²) in [6.07, 6.45) is 1.53. The van der Waals surface area contributed by atoms with Crippen LogP contribution in [0.1, 0.15) is 11.1 Å². The Labute approximate surface area is 219 Å². The summed E-state index contributed by atoms with van der Waals surface area (Å²) in [5.41, 5.74) is 6.18. The van der Waals surface area contributed by atoms with Gasteiger partial charge in [-0.15, -0.1) is 10.2 Å². The highest BCUT2D eigenvalue weighted by atomic mass is 32.2. The SMILES string of the molecule is COc1ccc(-c2nnc(SCC(=O)NN=Cc3ccc(OC)cc3OC)n2-c2ccc(C)cc2)cc1. The lowest BCUT2D eigenvalue weighted by molar-refractivity contribution is -0.118. The lowest BCUT2D eigenvalue weighted by atomic mass is 10.2.